The van der Waals surface area contributed by atoms with Crippen molar-refractivity contribution in [3.05, 3.63) is 0 Å². The second kappa shape index (κ2) is 3.72. The average molecular weight is 175 g/mol. The van der Waals surface area contributed by atoms with E-state index in [0.29, 0.717) is 0 Å². The molecule has 0 saturated heterocycles. The summed E-state index contributed by atoms with van der Waals surface area (Å²) >= 11 is 5.75. The number of amidine groups is 1. The van der Waals surface area contributed by atoms with Crippen molar-refractivity contribution in [2.75, 3.05) is 0 Å². The molecule has 3 nitrogen and oxygen atoms in total. The SMILES string of the molecule is CCCC1=NC(C=O)C(Cl)N1. The van der Waals surface area contributed by atoms with Gasteiger partial charge in [-0.05, 0) is 6.42 Å². The van der Waals surface area contributed by atoms with Gasteiger partial charge in [0.15, 0.2) is 0 Å². The fourth-order valence-electron chi connectivity index (χ4n) is 1.00. The van der Waals surface area contributed by atoms with Crippen molar-refractivity contribution < 1.29 is 4.79 Å². The maximum Gasteiger partial charge on any atom is 0.147 e. The first kappa shape index (κ1) is 8.53. The molecule has 0 aromatic heterocycles. The fourth-order valence-corrected chi connectivity index (χ4v) is 1.24. The minimum atomic E-state index is -0.391. The molecule has 2 unspecified atom stereocenters. The van der Waals surface area contributed by atoms with Crippen LogP contribution in [0.3, 0.4) is 0 Å². The highest BCUT2D eigenvalue weighted by molar-refractivity contribution is 6.23. The fraction of sp³-hybridized carbons (Fsp3) is 0.714. The van der Waals surface area contributed by atoms with E-state index in [2.05, 4.69) is 17.2 Å². The monoisotopic (exact) mass is 174 g/mol. The van der Waals surface area contributed by atoms with E-state index in [1.165, 1.54) is 0 Å². The van der Waals surface area contributed by atoms with Crippen molar-refractivity contribution >= 4 is 23.7 Å². The number of hydrogen-bond acceptors (Lipinski definition) is 3. The van der Waals surface area contributed by atoms with Gasteiger partial charge in [-0.15, -0.1) is 0 Å². The van der Waals surface area contributed by atoms with E-state index in [1.54, 1.807) is 0 Å². The first-order chi connectivity index (χ1) is 5.27. The second-order valence-electron chi connectivity index (χ2n) is 2.50. The smallest absolute Gasteiger partial charge is 0.147 e. The van der Waals surface area contributed by atoms with Gasteiger partial charge in [-0.2, -0.15) is 0 Å². The largest absolute Gasteiger partial charge is 0.356 e. The van der Waals surface area contributed by atoms with E-state index >= 15 is 0 Å². The molecule has 11 heavy (non-hydrogen) atoms. The third kappa shape index (κ3) is 1.93. The number of alkyl halides is 1. The van der Waals surface area contributed by atoms with Gasteiger partial charge in [0.25, 0.3) is 0 Å². The molecular formula is C7H11ClN2O. The van der Waals surface area contributed by atoms with E-state index in [9.17, 15) is 4.79 Å². The normalized spacial score (nSPS) is 29.5. The van der Waals surface area contributed by atoms with Gasteiger partial charge in [0, 0.05) is 6.42 Å². The molecule has 0 bridgehead atoms. The number of hydrogen-bond donors (Lipinski definition) is 1. The molecule has 0 amide bonds. The van der Waals surface area contributed by atoms with Crippen molar-refractivity contribution in [3.63, 3.8) is 0 Å². The van der Waals surface area contributed by atoms with E-state index < -0.39 is 6.04 Å². The van der Waals surface area contributed by atoms with Crippen molar-refractivity contribution in [3.8, 4) is 0 Å². The molecule has 1 aliphatic rings. The van der Waals surface area contributed by atoms with Crippen LogP contribution in [0.25, 0.3) is 0 Å². The van der Waals surface area contributed by atoms with Crippen LogP contribution in [-0.2, 0) is 4.79 Å². The highest BCUT2D eigenvalue weighted by Gasteiger charge is 2.24. The Kier molecular flexibility index (Phi) is 2.88. The second-order valence-corrected chi connectivity index (χ2v) is 2.97. The lowest BCUT2D eigenvalue weighted by Crippen LogP contribution is -2.29. The summed E-state index contributed by atoms with van der Waals surface area (Å²) in [6.45, 7) is 2.06. The van der Waals surface area contributed by atoms with E-state index in [0.717, 1.165) is 25.0 Å². The highest BCUT2D eigenvalue weighted by Crippen LogP contribution is 2.10. The van der Waals surface area contributed by atoms with Gasteiger partial charge in [0.2, 0.25) is 0 Å². The molecule has 0 aliphatic carbocycles. The number of aliphatic imine (C=N–C) groups is 1. The van der Waals surface area contributed by atoms with Crippen LogP contribution in [0.4, 0.5) is 0 Å². The molecule has 1 aliphatic heterocycles. The van der Waals surface area contributed by atoms with Crippen molar-refractivity contribution in [1.29, 1.82) is 0 Å². The van der Waals surface area contributed by atoms with Crippen molar-refractivity contribution in [2.24, 2.45) is 4.99 Å². The van der Waals surface area contributed by atoms with Gasteiger partial charge in [0.1, 0.15) is 17.8 Å². The molecule has 0 spiro atoms. The molecule has 1 N–H and O–H groups in total. The minimum Gasteiger partial charge on any atom is -0.356 e. The summed E-state index contributed by atoms with van der Waals surface area (Å²) in [6, 6.07) is -0.391. The van der Waals surface area contributed by atoms with E-state index in [-0.39, 0.29) is 5.50 Å². The third-order valence-electron chi connectivity index (χ3n) is 1.54. The third-order valence-corrected chi connectivity index (χ3v) is 1.90. The number of nitrogens with zero attached hydrogens (tertiary/aromatic N) is 1. The van der Waals surface area contributed by atoms with Gasteiger partial charge in [-0.1, -0.05) is 18.5 Å². The Bertz CT molecular complexity index is 181. The Hall–Kier alpha value is -0.570. The zero-order chi connectivity index (χ0) is 8.27. The minimum absolute atomic E-state index is 0.339. The Balaban J connectivity index is 2.52. The molecule has 62 valence electrons. The van der Waals surface area contributed by atoms with Crippen molar-refractivity contribution in [1.82, 2.24) is 5.32 Å². The molecular weight excluding hydrogens is 164 g/mol. The van der Waals surface area contributed by atoms with Gasteiger partial charge >= 0.3 is 0 Å². The Morgan fingerprint density at radius 1 is 1.82 bits per heavy atom. The number of aldehydes is 1. The van der Waals surface area contributed by atoms with Crippen LogP contribution in [-0.4, -0.2) is 23.7 Å². The Morgan fingerprint density at radius 3 is 3.00 bits per heavy atom. The quantitative estimate of drug-likeness (QED) is 0.393. The number of rotatable bonds is 3. The number of nitrogens with one attached hydrogen (secondary N) is 1. The lowest BCUT2D eigenvalue weighted by molar-refractivity contribution is -0.108. The van der Waals surface area contributed by atoms with E-state index in [4.69, 9.17) is 11.6 Å². The first-order valence-corrected chi connectivity index (χ1v) is 4.14. The summed E-state index contributed by atoms with van der Waals surface area (Å²) in [5, 5.41) is 2.94. The summed E-state index contributed by atoms with van der Waals surface area (Å²) in [5.74, 6) is 0.851. The predicted molar refractivity (Wildman–Crippen MR) is 45.0 cm³/mol. The molecule has 0 aromatic carbocycles. The zero-order valence-electron chi connectivity index (χ0n) is 6.38. The van der Waals surface area contributed by atoms with Gasteiger partial charge in [-0.3, -0.25) is 4.99 Å². The van der Waals surface area contributed by atoms with Crippen LogP contribution in [0, 0.1) is 0 Å². The van der Waals surface area contributed by atoms with Gasteiger partial charge in [0.05, 0.1) is 5.84 Å². The van der Waals surface area contributed by atoms with Gasteiger partial charge < -0.3 is 10.1 Å². The molecule has 0 radical (unpaired) electrons. The molecule has 0 saturated carbocycles. The maximum atomic E-state index is 10.3. The Morgan fingerprint density at radius 2 is 2.55 bits per heavy atom. The number of carbonyl (C=O) groups is 1. The standard InChI is InChI=1S/C7H11ClN2O/c1-2-3-6-9-5(4-11)7(8)10-6/h4-5,7H,2-3H2,1H3,(H,9,10). The van der Waals surface area contributed by atoms with Crippen LogP contribution >= 0.6 is 11.6 Å². The molecule has 0 fully saturated rings. The summed E-state index contributed by atoms with van der Waals surface area (Å²) < 4.78 is 0. The number of carbonyl (C=O) groups excluding carboxylic acids is 1. The molecule has 0 aromatic rings. The number of halogens is 1. The summed E-state index contributed by atoms with van der Waals surface area (Å²) in [7, 11) is 0. The van der Waals surface area contributed by atoms with Crippen LogP contribution in [0.5, 0.6) is 0 Å². The van der Waals surface area contributed by atoms with Crippen LogP contribution in [0.1, 0.15) is 19.8 Å². The van der Waals surface area contributed by atoms with Gasteiger partial charge in [-0.25, -0.2) is 0 Å². The summed E-state index contributed by atoms with van der Waals surface area (Å²) in [4.78, 5) is 14.4. The molecule has 2 atom stereocenters. The van der Waals surface area contributed by atoms with Crippen LogP contribution in [0.2, 0.25) is 0 Å². The molecule has 4 heteroatoms. The molecule has 1 rings (SSSR count). The predicted octanol–water partition coefficient (Wildman–Crippen LogP) is 0.921. The van der Waals surface area contributed by atoms with Crippen molar-refractivity contribution in [2.45, 2.75) is 31.3 Å². The topological polar surface area (TPSA) is 41.5 Å². The highest BCUT2D eigenvalue weighted by atomic mass is 35.5. The zero-order valence-corrected chi connectivity index (χ0v) is 7.14. The summed E-state index contributed by atoms with van der Waals surface area (Å²) in [5.41, 5.74) is -0.339. The van der Waals surface area contributed by atoms with Crippen LogP contribution in [0.15, 0.2) is 4.99 Å². The van der Waals surface area contributed by atoms with E-state index in [1.807, 2.05) is 0 Å². The summed E-state index contributed by atoms with van der Waals surface area (Å²) in [6.07, 6.45) is 2.65. The lowest BCUT2D eigenvalue weighted by Gasteiger charge is -2.04. The average Bonchev–Trinajstić information content (AvgIpc) is 2.32. The lowest BCUT2D eigenvalue weighted by atomic mass is 10.3. The maximum absolute atomic E-state index is 10.3. The Labute approximate surface area is 70.8 Å². The van der Waals surface area contributed by atoms with Crippen LogP contribution < -0.4 is 5.32 Å². The molecule has 1 heterocycles. The first-order valence-electron chi connectivity index (χ1n) is 3.70.